The van der Waals surface area contributed by atoms with Crippen LogP contribution in [0.5, 0.6) is 0 Å². The molecule has 138 valence electrons. The average Bonchev–Trinajstić information content (AvgIpc) is 2.53. The third kappa shape index (κ3) is 10.4. The highest BCUT2D eigenvalue weighted by Crippen LogP contribution is 2.23. The van der Waals surface area contributed by atoms with Gasteiger partial charge >= 0.3 is 0 Å². The van der Waals surface area contributed by atoms with Gasteiger partial charge in [-0.3, -0.25) is 4.99 Å². The molecule has 4 nitrogen and oxygen atoms in total. The van der Waals surface area contributed by atoms with E-state index in [0.29, 0.717) is 6.04 Å². The van der Waals surface area contributed by atoms with E-state index in [4.69, 9.17) is 4.99 Å². The maximum Gasteiger partial charge on any atom is 0.191 e. The Balaban J connectivity index is 0.00000484. The minimum atomic E-state index is 0. The number of aliphatic imine (C=N–C) groups is 1. The minimum absolute atomic E-state index is 0. The molecule has 0 aromatic rings. The lowest BCUT2D eigenvalue weighted by Gasteiger charge is -2.28. The molecule has 5 heteroatoms. The van der Waals surface area contributed by atoms with Gasteiger partial charge in [-0.25, -0.2) is 0 Å². The summed E-state index contributed by atoms with van der Waals surface area (Å²) in [7, 11) is 0. The van der Waals surface area contributed by atoms with Gasteiger partial charge in [0.1, 0.15) is 0 Å². The number of guanidine groups is 1. The van der Waals surface area contributed by atoms with Gasteiger partial charge < -0.3 is 15.5 Å². The van der Waals surface area contributed by atoms with Crippen LogP contribution < -0.4 is 10.6 Å². The molecule has 0 heterocycles. The van der Waals surface area contributed by atoms with Crippen molar-refractivity contribution < 1.29 is 0 Å². The Hall–Kier alpha value is -0.0400. The fourth-order valence-corrected chi connectivity index (χ4v) is 3.10. The summed E-state index contributed by atoms with van der Waals surface area (Å²) in [6.07, 6.45) is 7.68. The van der Waals surface area contributed by atoms with E-state index in [9.17, 15) is 0 Å². The van der Waals surface area contributed by atoms with Crippen LogP contribution in [0, 0.1) is 5.92 Å². The number of hydrogen-bond acceptors (Lipinski definition) is 2. The molecule has 1 aliphatic rings. The van der Waals surface area contributed by atoms with Crippen LogP contribution in [0.25, 0.3) is 0 Å². The SMILES string of the molecule is CCNC(=NCCCCN(CC)CC)NC1CCC(C)CC1.I. The normalized spacial score (nSPS) is 21.9. The zero-order valence-corrected chi connectivity index (χ0v) is 18.1. The fraction of sp³-hybridized carbons (Fsp3) is 0.944. The van der Waals surface area contributed by atoms with Gasteiger partial charge in [0.05, 0.1) is 0 Å². The molecule has 0 aromatic heterocycles. The Bertz CT molecular complexity index is 297. The van der Waals surface area contributed by atoms with Crippen LogP contribution in [0.15, 0.2) is 4.99 Å². The predicted molar refractivity (Wildman–Crippen MR) is 113 cm³/mol. The summed E-state index contributed by atoms with van der Waals surface area (Å²) in [6.45, 7) is 14.4. The first-order valence-electron chi connectivity index (χ1n) is 9.46. The van der Waals surface area contributed by atoms with Crippen molar-refractivity contribution in [3.63, 3.8) is 0 Å². The third-order valence-electron chi connectivity index (χ3n) is 4.75. The second-order valence-corrected chi connectivity index (χ2v) is 6.60. The molecule has 0 amide bonds. The maximum atomic E-state index is 4.75. The molecule has 1 saturated carbocycles. The summed E-state index contributed by atoms with van der Waals surface area (Å²) < 4.78 is 0. The van der Waals surface area contributed by atoms with Gasteiger partial charge in [0, 0.05) is 19.1 Å². The van der Waals surface area contributed by atoms with Crippen LogP contribution in [-0.2, 0) is 0 Å². The summed E-state index contributed by atoms with van der Waals surface area (Å²) in [6, 6.07) is 0.615. The van der Waals surface area contributed by atoms with Gasteiger partial charge in [-0.15, -0.1) is 24.0 Å². The molecule has 0 aliphatic heterocycles. The van der Waals surface area contributed by atoms with E-state index in [1.165, 1.54) is 45.1 Å². The lowest BCUT2D eigenvalue weighted by Crippen LogP contribution is -2.44. The molecule has 23 heavy (non-hydrogen) atoms. The van der Waals surface area contributed by atoms with E-state index in [1.54, 1.807) is 0 Å². The molecule has 0 atom stereocenters. The fourth-order valence-electron chi connectivity index (χ4n) is 3.10. The van der Waals surface area contributed by atoms with E-state index < -0.39 is 0 Å². The highest BCUT2D eigenvalue weighted by atomic mass is 127. The molecule has 1 rings (SSSR count). The second kappa shape index (κ2) is 14.3. The lowest BCUT2D eigenvalue weighted by molar-refractivity contribution is 0.297. The summed E-state index contributed by atoms with van der Waals surface area (Å²) in [5.41, 5.74) is 0. The van der Waals surface area contributed by atoms with E-state index in [2.05, 4.69) is 43.2 Å². The van der Waals surface area contributed by atoms with Crippen molar-refractivity contribution in [1.29, 1.82) is 0 Å². The van der Waals surface area contributed by atoms with Gasteiger partial charge in [0.25, 0.3) is 0 Å². The quantitative estimate of drug-likeness (QED) is 0.249. The van der Waals surface area contributed by atoms with Crippen LogP contribution in [0.3, 0.4) is 0 Å². The van der Waals surface area contributed by atoms with Crippen molar-refractivity contribution in [1.82, 2.24) is 15.5 Å². The number of nitrogens with one attached hydrogen (secondary N) is 2. The van der Waals surface area contributed by atoms with E-state index in [-0.39, 0.29) is 24.0 Å². The number of hydrogen-bond donors (Lipinski definition) is 2. The molecule has 0 aromatic carbocycles. The van der Waals surface area contributed by atoms with Crippen LogP contribution in [0.2, 0.25) is 0 Å². The summed E-state index contributed by atoms with van der Waals surface area (Å²) >= 11 is 0. The Labute approximate surface area is 161 Å². The van der Waals surface area contributed by atoms with Gasteiger partial charge in [0.15, 0.2) is 5.96 Å². The van der Waals surface area contributed by atoms with Crippen molar-refractivity contribution in [3.8, 4) is 0 Å². The molecule has 1 fully saturated rings. The maximum absolute atomic E-state index is 4.75. The second-order valence-electron chi connectivity index (χ2n) is 6.60. The first kappa shape index (κ1) is 23.0. The molecule has 0 unspecified atom stereocenters. The Morgan fingerprint density at radius 1 is 1.04 bits per heavy atom. The first-order chi connectivity index (χ1) is 10.7. The summed E-state index contributed by atoms with van der Waals surface area (Å²) in [4.78, 5) is 7.23. The highest BCUT2D eigenvalue weighted by molar-refractivity contribution is 14.0. The first-order valence-corrected chi connectivity index (χ1v) is 9.46. The monoisotopic (exact) mass is 438 g/mol. The van der Waals surface area contributed by atoms with Crippen LogP contribution in [0.4, 0.5) is 0 Å². The third-order valence-corrected chi connectivity index (χ3v) is 4.75. The Kier molecular flexibility index (Phi) is 14.3. The number of rotatable bonds is 9. The van der Waals surface area contributed by atoms with Crippen LogP contribution in [-0.4, -0.2) is 49.6 Å². The van der Waals surface area contributed by atoms with Gasteiger partial charge in [-0.2, -0.15) is 0 Å². The van der Waals surface area contributed by atoms with Gasteiger partial charge in [-0.05, 0) is 71.0 Å². The van der Waals surface area contributed by atoms with E-state index in [1.807, 2.05) is 0 Å². The summed E-state index contributed by atoms with van der Waals surface area (Å²) in [5.74, 6) is 1.92. The highest BCUT2D eigenvalue weighted by Gasteiger charge is 2.18. The predicted octanol–water partition coefficient (Wildman–Crippen LogP) is 3.86. The Morgan fingerprint density at radius 2 is 1.70 bits per heavy atom. The molecule has 0 spiro atoms. The lowest BCUT2D eigenvalue weighted by atomic mass is 9.87. The van der Waals surface area contributed by atoms with Crippen LogP contribution in [0.1, 0.15) is 66.2 Å². The molecule has 2 N–H and O–H groups in total. The number of halogens is 1. The largest absolute Gasteiger partial charge is 0.357 e. The van der Waals surface area contributed by atoms with E-state index in [0.717, 1.165) is 38.1 Å². The number of unbranched alkanes of at least 4 members (excludes halogenated alkanes) is 1. The molecular formula is C18H39IN4. The van der Waals surface area contributed by atoms with Crippen molar-refractivity contribution >= 4 is 29.9 Å². The molecule has 0 saturated heterocycles. The zero-order chi connectivity index (χ0) is 16.2. The van der Waals surface area contributed by atoms with E-state index >= 15 is 0 Å². The summed E-state index contributed by atoms with van der Waals surface area (Å²) in [5, 5.41) is 7.02. The van der Waals surface area contributed by atoms with Crippen molar-refractivity contribution in [2.75, 3.05) is 32.7 Å². The average molecular weight is 438 g/mol. The van der Waals surface area contributed by atoms with Crippen molar-refractivity contribution in [2.45, 2.75) is 72.3 Å². The van der Waals surface area contributed by atoms with Crippen LogP contribution >= 0.6 is 24.0 Å². The standard InChI is InChI=1S/C18H38N4.HI/c1-5-19-18(21-17-12-10-16(4)11-13-17)20-14-8-9-15-22(6-2)7-3;/h16-17H,5-15H2,1-4H3,(H2,19,20,21);1H. The van der Waals surface area contributed by atoms with Gasteiger partial charge in [-0.1, -0.05) is 20.8 Å². The smallest absolute Gasteiger partial charge is 0.191 e. The molecular weight excluding hydrogens is 399 g/mol. The topological polar surface area (TPSA) is 39.7 Å². The van der Waals surface area contributed by atoms with Crippen molar-refractivity contribution in [3.05, 3.63) is 0 Å². The van der Waals surface area contributed by atoms with Gasteiger partial charge in [0.2, 0.25) is 0 Å². The molecule has 0 radical (unpaired) electrons. The van der Waals surface area contributed by atoms with Crippen molar-refractivity contribution in [2.24, 2.45) is 10.9 Å². The molecule has 1 aliphatic carbocycles. The Morgan fingerprint density at radius 3 is 2.26 bits per heavy atom. The zero-order valence-electron chi connectivity index (χ0n) is 15.7. The number of nitrogens with zero attached hydrogens (tertiary/aromatic N) is 2. The molecule has 0 bridgehead atoms. The minimum Gasteiger partial charge on any atom is -0.357 e.